The highest BCUT2D eigenvalue weighted by molar-refractivity contribution is 14.1. The van der Waals surface area contributed by atoms with Crippen LogP contribution in [0.3, 0.4) is 0 Å². The zero-order chi connectivity index (χ0) is 12.1. The van der Waals surface area contributed by atoms with Gasteiger partial charge in [0, 0.05) is 22.6 Å². The second kappa shape index (κ2) is 6.39. The van der Waals surface area contributed by atoms with Gasteiger partial charge in [0.15, 0.2) is 0 Å². The first-order chi connectivity index (χ1) is 7.49. The summed E-state index contributed by atoms with van der Waals surface area (Å²) in [5, 5.41) is 0. The van der Waals surface area contributed by atoms with Crippen LogP contribution in [0.4, 0.5) is 0 Å². The Hall–Kier alpha value is -0.360. The summed E-state index contributed by atoms with van der Waals surface area (Å²) in [4.78, 5) is 10.8. The molecule has 0 unspecified atom stereocenters. The van der Waals surface area contributed by atoms with E-state index in [1.807, 2.05) is 32.0 Å². The topological polar surface area (TPSA) is 26.3 Å². The molecule has 16 heavy (non-hydrogen) atoms. The Balaban J connectivity index is 2.86. The van der Waals surface area contributed by atoms with Crippen LogP contribution in [0.5, 0.6) is 5.75 Å². The number of hydrogen-bond acceptors (Lipinski definition) is 2. The van der Waals surface area contributed by atoms with Crippen LogP contribution in [0.2, 0.25) is 0 Å². The van der Waals surface area contributed by atoms with Crippen molar-refractivity contribution in [2.45, 2.75) is 20.0 Å². The third-order valence-corrected chi connectivity index (χ3v) is 2.70. The summed E-state index contributed by atoms with van der Waals surface area (Å²) in [6.45, 7) is 3.96. The standard InChI is InChI=1S/C12H12BrIO2/c1-8(2)16-11-5-3-9(7-10(11)13)4-6-12(14)15/h3-8H,1-2H3/b6-4+. The van der Waals surface area contributed by atoms with Crippen molar-refractivity contribution in [2.75, 3.05) is 0 Å². The molecule has 0 aliphatic rings. The van der Waals surface area contributed by atoms with Gasteiger partial charge < -0.3 is 4.74 Å². The van der Waals surface area contributed by atoms with E-state index in [9.17, 15) is 4.79 Å². The number of allylic oxidation sites excluding steroid dienone is 1. The first-order valence-electron chi connectivity index (χ1n) is 4.83. The predicted molar refractivity (Wildman–Crippen MR) is 78.0 cm³/mol. The summed E-state index contributed by atoms with van der Waals surface area (Å²) >= 11 is 5.18. The van der Waals surface area contributed by atoms with E-state index in [4.69, 9.17) is 4.74 Å². The van der Waals surface area contributed by atoms with Crippen LogP contribution < -0.4 is 4.74 Å². The fourth-order valence-electron chi connectivity index (χ4n) is 1.13. The highest BCUT2D eigenvalue weighted by Gasteiger charge is 2.03. The fourth-order valence-corrected chi connectivity index (χ4v) is 1.80. The lowest BCUT2D eigenvalue weighted by Crippen LogP contribution is -2.05. The molecule has 0 radical (unpaired) electrons. The number of carbonyl (C=O) groups is 1. The van der Waals surface area contributed by atoms with Crippen molar-refractivity contribution in [1.82, 2.24) is 0 Å². The molecule has 0 saturated carbocycles. The van der Waals surface area contributed by atoms with Gasteiger partial charge in [-0.2, -0.15) is 0 Å². The van der Waals surface area contributed by atoms with E-state index >= 15 is 0 Å². The normalized spacial score (nSPS) is 11.1. The van der Waals surface area contributed by atoms with E-state index in [0.29, 0.717) is 0 Å². The SMILES string of the molecule is CC(C)Oc1ccc(/C=C/C(=O)I)cc1Br. The summed E-state index contributed by atoms with van der Waals surface area (Å²) in [5.74, 6) is 0.813. The summed E-state index contributed by atoms with van der Waals surface area (Å²) < 4.78 is 6.49. The molecule has 86 valence electrons. The van der Waals surface area contributed by atoms with E-state index in [1.165, 1.54) is 6.08 Å². The molecule has 0 bridgehead atoms. The summed E-state index contributed by atoms with van der Waals surface area (Å²) in [7, 11) is 0. The van der Waals surface area contributed by atoms with Crippen molar-refractivity contribution in [3.8, 4) is 5.75 Å². The molecule has 0 aliphatic heterocycles. The molecule has 0 spiro atoms. The monoisotopic (exact) mass is 394 g/mol. The molecule has 4 heteroatoms. The zero-order valence-corrected chi connectivity index (χ0v) is 12.8. The molecule has 0 saturated heterocycles. The van der Waals surface area contributed by atoms with Gasteiger partial charge in [0.05, 0.1) is 10.6 Å². The quantitative estimate of drug-likeness (QED) is 0.434. The fraction of sp³-hybridized carbons (Fsp3) is 0.250. The Bertz CT molecular complexity index is 413. The molecule has 0 amide bonds. The zero-order valence-electron chi connectivity index (χ0n) is 9.04. The van der Waals surface area contributed by atoms with Gasteiger partial charge in [0.2, 0.25) is 3.79 Å². The number of halogens is 2. The minimum atomic E-state index is 0.0104. The average Bonchev–Trinajstić information content (AvgIpc) is 2.18. The van der Waals surface area contributed by atoms with Crippen LogP contribution in [0.15, 0.2) is 28.7 Å². The lowest BCUT2D eigenvalue weighted by Gasteiger charge is -2.11. The van der Waals surface area contributed by atoms with E-state index in [0.717, 1.165) is 15.8 Å². The first-order valence-corrected chi connectivity index (χ1v) is 6.70. The number of benzene rings is 1. The van der Waals surface area contributed by atoms with Crippen molar-refractivity contribution >= 4 is 48.4 Å². The van der Waals surface area contributed by atoms with E-state index in [1.54, 1.807) is 28.7 Å². The predicted octanol–water partition coefficient (Wildman–Crippen LogP) is 4.21. The lowest BCUT2D eigenvalue weighted by atomic mass is 10.2. The molecule has 1 aromatic carbocycles. The minimum absolute atomic E-state index is 0.0104. The van der Waals surface area contributed by atoms with Gasteiger partial charge in [0.25, 0.3) is 0 Å². The smallest absolute Gasteiger partial charge is 0.215 e. The van der Waals surface area contributed by atoms with Gasteiger partial charge in [-0.15, -0.1) is 0 Å². The molecule has 0 aromatic heterocycles. The summed E-state index contributed by atoms with van der Waals surface area (Å²) in [5.41, 5.74) is 0.966. The van der Waals surface area contributed by atoms with Crippen LogP contribution in [0.25, 0.3) is 6.08 Å². The molecule has 0 aliphatic carbocycles. The van der Waals surface area contributed by atoms with Crippen LogP contribution in [0.1, 0.15) is 19.4 Å². The van der Waals surface area contributed by atoms with Gasteiger partial charge in [-0.3, -0.25) is 4.79 Å². The van der Waals surface area contributed by atoms with Gasteiger partial charge in [-0.05, 0) is 53.5 Å². The Kier molecular flexibility index (Phi) is 5.48. The molecular formula is C12H12BrIO2. The van der Waals surface area contributed by atoms with Crippen molar-refractivity contribution in [2.24, 2.45) is 0 Å². The maximum Gasteiger partial charge on any atom is 0.215 e. The van der Waals surface area contributed by atoms with Gasteiger partial charge in [0.1, 0.15) is 5.75 Å². The largest absolute Gasteiger partial charge is 0.490 e. The van der Waals surface area contributed by atoms with Gasteiger partial charge in [-0.1, -0.05) is 12.1 Å². The molecular weight excluding hydrogens is 383 g/mol. The van der Waals surface area contributed by atoms with Crippen molar-refractivity contribution < 1.29 is 9.53 Å². The van der Waals surface area contributed by atoms with Gasteiger partial charge >= 0.3 is 0 Å². The molecule has 1 aromatic rings. The Morgan fingerprint density at radius 3 is 2.69 bits per heavy atom. The Morgan fingerprint density at radius 1 is 1.50 bits per heavy atom. The minimum Gasteiger partial charge on any atom is -0.490 e. The number of hydrogen-bond donors (Lipinski definition) is 0. The number of rotatable bonds is 4. The van der Waals surface area contributed by atoms with Crippen molar-refractivity contribution in [3.05, 3.63) is 34.3 Å². The second-order valence-corrected chi connectivity index (χ2v) is 5.41. The third-order valence-electron chi connectivity index (χ3n) is 1.73. The van der Waals surface area contributed by atoms with Crippen LogP contribution >= 0.6 is 38.5 Å². The van der Waals surface area contributed by atoms with Crippen LogP contribution in [0, 0.1) is 0 Å². The maximum atomic E-state index is 10.8. The van der Waals surface area contributed by atoms with E-state index in [-0.39, 0.29) is 9.89 Å². The lowest BCUT2D eigenvalue weighted by molar-refractivity contribution is -0.105. The first kappa shape index (κ1) is 13.7. The van der Waals surface area contributed by atoms with Crippen molar-refractivity contribution in [1.29, 1.82) is 0 Å². The molecule has 1 rings (SSSR count). The molecule has 2 nitrogen and oxygen atoms in total. The molecule has 0 fully saturated rings. The Labute approximate surface area is 117 Å². The highest BCUT2D eigenvalue weighted by atomic mass is 127. The van der Waals surface area contributed by atoms with E-state index < -0.39 is 0 Å². The highest BCUT2D eigenvalue weighted by Crippen LogP contribution is 2.27. The number of ether oxygens (including phenoxy) is 1. The number of carbonyl (C=O) groups excluding carboxylic acids is 1. The molecule has 0 atom stereocenters. The van der Waals surface area contributed by atoms with Crippen LogP contribution in [-0.4, -0.2) is 9.89 Å². The third kappa shape index (κ3) is 4.65. The van der Waals surface area contributed by atoms with Gasteiger partial charge in [-0.25, -0.2) is 0 Å². The Morgan fingerprint density at radius 2 is 2.19 bits per heavy atom. The van der Waals surface area contributed by atoms with Crippen LogP contribution in [-0.2, 0) is 4.79 Å². The summed E-state index contributed by atoms with van der Waals surface area (Å²) in [6.07, 6.45) is 3.46. The summed E-state index contributed by atoms with van der Waals surface area (Å²) in [6, 6.07) is 5.73. The van der Waals surface area contributed by atoms with E-state index in [2.05, 4.69) is 15.9 Å². The average molecular weight is 395 g/mol. The van der Waals surface area contributed by atoms with Crippen molar-refractivity contribution in [3.63, 3.8) is 0 Å². The maximum absolute atomic E-state index is 10.8. The second-order valence-electron chi connectivity index (χ2n) is 3.49. The molecule has 0 heterocycles. The molecule has 0 N–H and O–H groups in total.